The van der Waals surface area contributed by atoms with E-state index in [1.807, 2.05) is 26.0 Å². The van der Waals surface area contributed by atoms with Crippen molar-refractivity contribution in [2.24, 2.45) is 0 Å². The maximum absolute atomic E-state index is 12.1. The fourth-order valence-corrected chi connectivity index (χ4v) is 2.35. The van der Waals surface area contributed by atoms with E-state index in [9.17, 15) is 4.79 Å². The molecule has 0 bridgehead atoms. The van der Waals surface area contributed by atoms with Crippen LogP contribution in [0.2, 0.25) is 0 Å². The van der Waals surface area contributed by atoms with Crippen LogP contribution in [0.5, 0.6) is 0 Å². The smallest absolute Gasteiger partial charge is 0.251 e. The number of carbonyl (C=O) groups excluding carboxylic acids is 1. The highest BCUT2D eigenvalue weighted by Crippen LogP contribution is 2.10. The van der Waals surface area contributed by atoms with Crippen molar-refractivity contribution < 1.29 is 4.79 Å². The van der Waals surface area contributed by atoms with Crippen LogP contribution in [0, 0.1) is 13.8 Å². The quantitative estimate of drug-likeness (QED) is 0.816. The minimum absolute atomic E-state index is 0.0468. The largest absolute Gasteiger partial charge is 0.348 e. The molecule has 0 aliphatic carbocycles. The average molecular weight is 232 g/mol. The molecule has 17 heavy (non-hydrogen) atoms. The van der Waals surface area contributed by atoms with E-state index < -0.39 is 0 Å². The Balaban J connectivity index is 2.03. The summed E-state index contributed by atoms with van der Waals surface area (Å²) in [6.07, 6.45) is 2.21. The van der Waals surface area contributed by atoms with Gasteiger partial charge >= 0.3 is 0 Å². The molecule has 0 saturated carbocycles. The number of rotatable bonds is 2. The van der Waals surface area contributed by atoms with Crippen LogP contribution < -0.4 is 10.6 Å². The minimum atomic E-state index is 0.0468. The predicted octanol–water partition coefficient (Wildman–Crippen LogP) is 1.79. The average Bonchev–Trinajstić information content (AvgIpc) is 2.29. The lowest BCUT2D eigenvalue weighted by atomic mass is 10.0. The summed E-state index contributed by atoms with van der Waals surface area (Å²) in [5, 5.41) is 6.39. The Morgan fingerprint density at radius 3 is 2.59 bits per heavy atom. The fourth-order valence-electron chi connectivity index (χ4n) is 2.35. The van der Waals surface area contributed by atoms with Crippen LogP contribution in [-0.4, -0.2) is 25.0 Å². The van der Waals surface area contributed by atoms with Crippen molar-refractivity contribution in [3.8, 4) is 0 Å². The van der Waals surface area contributed by atoms with E-state index >= 15 is 0 Å². The standard InChI is InChI=1S/C14H20N2O/c1-10-6-11(2)8-12(7-10)14(17)16-13-4-3-5-15-9-13/h6-8,13,15H,3-5,9H2,1-2H3,(H,16,17)/t13-/m0/s1. The number of carbonyl (C=O) groups is 1. The van der Waals surface area contributed by atoms with Crippen LogP contribution in [0.4, 0.5) is 0 Å². The predicted molar refractivity (Wildman–Crippen MR) is 69.3 cm³/mol. The van der Waals surface area contributed by atoms with Gasteiger partial charge in [-0.3, -0.25) is 4.79 Å². The maximum Gasteiger partial charge on any atom is 0.251 e. The molecule has 2 N–H and O–H groups in total. The van der Waals surface area contributed by atoms with Gasteiger partial charge in [-0.05, 0) is 45.4 Å². The molecule has 3 nitrogen and oxygen atoms in total. The van der Waals surface area contributed by atoms with Gasteiger partial charge in [-0.2, -0.15) is 0 Å². The molecule has 1 fully saturated rings. The van der Waals surface area contributed by atoms with Gasteiger partial charge in [0.1, 0.15) is 0 Å². The Bertz CT molecular complexity index is 388. The molecule has 1 aromatic carbocycles. The number of piperidine rings is 1. The highest BCUT2D eigenvalue weighted by Gasteiger charge is 2.16. The molecule has 1 heterocycles. The van der Waals surface area contributed by atoms with Crippen LogP contribution in [0.15, 0.2) is 18.2 Å². The zero-order valence-corrected chi connectivity index (χ0v) is 10.5. The Hall–Kier alpha value is -1.35. The van der Waals surface area contributed by atoms with Crippen molar-refractivity contribution in [3.05, 3.63) is 34.9 Å². The lowest BCUT2D eigenvalue weighted by Crippen LogP contribution is -2.45. The molecule has 92 valence electrons. The number of benzene rings is 1. The van der Waals surface area contributed by atoms with Crippen LogP contribution in [0.25, 0.3) is 0 Å². The molecule has 1 aliphatic rings. The normalized spacial score (nSPS) is 20.0. The van der Waals surface area contributed by atoms with Crippen molar-refractivity contribution >= 4 is 5.91 Å². The van der Waals surface area contributed by atoms with Crippen molar-refractivity contribution in [1.29, 1.82) is 0 Å². The van der Waals surface area contributed by atoms with Gasteiger partial charge in [0, 0.05) is 18.2 Å². The Morgan fingerprint density at radius 1 is 1.29 bits per heavy atom. The summed E-state index contributed by atoms with van der Waals surface area (Å²) in [6, 6.07) is 6.24. The van der Waals surface area contributed by atoms with Crippen LogP contribution >= 0.6 is 0 Å². The summed E-state index contributed by atoms with van der Waals surface area (Å²) >= 11 is 0. The summed E-state index contributed by atoms with van der Waals surface area (Å²) in [5.41, 5.74) is 3.04. The van der Waals surface area contributed by atoms with E-state index in [1.54, 1.807) is 0 Å². The van der Waals surface area contributed by atoms with E-state index in [-0.39, 0.29) is 11.9 Å². The molecule has 0 spiro atoms. The zero-order chi connectivity index (χ0) is 12.3. The second kappa shape index (κ2) is 5.32. The number of hydrogen-bond donors (Lipinski definition) is 2. The molecule has 1 saturated heterocycles. The van der Waals surface area contributed by atoms with Gasteiger partial charge in [0.25, 0.3) is 5.91 Å². The molecule has 0 aromatic heterocycles. The molecule has 1 amide bonds. The fraction of sp³-hybridized carbons (Fsp3) is 0.500. The molecule has 0 unspecified atom stereocenters. The van der Waals surface area contributed by atoms with Gasteiger partial charge in [0.05, 0.1) is 0 Å². The summed E-state index contributed by atoms with van der Waals surface area (Å²) in [7, 11) is 0. The molecule has 0 radical (unpaired) electrons. The van der Waals surface area contributed by atoms with Crippen LogP contribution in [0.3, 0.4) is 0 Å². The summed E-state index contributed by atoms with van der Waals surface area (Å²) in [5.74, 6) is 0.0468. The highest BCUT2D eigenvalue weighted by molar-refractivity contribution is 5.94. The van der Waals surface area contributed by atoms with E-state index in [2.05, 4.69) is 16.7 Å². The Kier molecular flexibility index (Phi) is 3.79. The van der Waals surface area contributed by atoms with E-state index in [4.69, 9.17) is 0 Å². The molecular formula is C14H20N2O. The van der Waals surface area contributed by atoms with E-state index in [1.165, 1.54) is 0 Å². The zero-order valence-electron chi connectivity index (χ0n) is 10.5. The highest BCUT2D eigenvalue weighted by atomic mass is 16.1. The first-order valence-electron chi connectivity index (χ1n) is 6.25. The van der Waals surface area contributed by atoms with Crippen LogP contribution in [-0.2, 0) is 0 Å². The number of amides is 1. The second-order valence-corrected chi connectivity index (χ2v) is 4.89. The summed E-state index contributed by atoms with van der Waals surface area (Å²) < 4.78 is 0. The van der Waals surface area contributed by atoms with E-state index in [0.717, 1.165) is 42.6 Å². The van der Waals surface area contributed by atoms with Crippen LogP contribution in [0.1, 0.15) is 34.3 Å². The van der Waals surface area contributed by atoms with E-state index in [0.29, 0.717) is 0 Å². The number of nitrogens with one attached hydrogen (secondary N) is 2. The number of aryl methyl sites for hydroxylation is 2. The number of hydrogen-bond acceptors (Lipinski definition) is 2. The Morgan fingerprint density at radius 2 is 2.00 bits per heavy atom. The van der Waals surface area contributed by atoms with Gasteiger partial charge in [0.2, 0.25) is 0 Å². The van der Waals surface area contributed by atoms with Crippen molar-refractivity contribution in [3.63, 3.8) is 0 Å². The second-order valence-electron chi connectivity index (χ2n) is 4.89. The topological polar surface area (TPSA) is 41.1 Å². The molecule has 1 atom stereocenters. The minimum Gasteiger partial charge on any atom is -0.348 e. The molecular weight excluding hydrogens is 212 g/mol. The van der Waals surface area contributed by atoms with Gasteiger partial charge in [0.15, 0.2) is 0 Å². The SMILES string of the molecule is Cc1cc(C)cc(C(=O)N[C@H]2CCCNC2)c1. The Labute approximate surface area is 103 Å². The third-order valence-electron chi connectivity index (χ3n) is 3.12. The van der Waals surface area contributed by atoms with Gasteiger partial charge < -0.3 is 10.6 Å². The monoisotopic (exact) mass is 232 g/mol. The lowest BCUT2D eigenvalue weighted by molar-refractivity contribution is 0.0930. The van der Waals surface area contributed by atoms with Gasteiger partial charge in [-0.25, -0.2) is 0 Å². The summed E-state index contributed by atoms with van der Waals surface area (Å²) in [4.78, 5) is 12.1. The van der Waals surface area contributed by atoms with Crippen molar-refractivity contribution in [2.45, 2.75) is 32.7 Å². The lowest BCUT2D eigenvalue weighted by Gasteiger charge is -2.23. The first-order valence-corrected chi connectivity index (χ1v) is 6.25. The summed E-state index contributed by atoms with van der Waals surface area (Å²) in [6.45, 7) is 5.99. The first kappa shape index (κ1) is 12.1. The first-order chi connectivity index (χ1) is 8.15. The van der Waals surface area contributed by atoms with Crippen molar-refractivity contribution in [2.75, 3.05) is 13.1 Å². The maximum atomic E-state index is 12.1. The molecule has 2 rings (SSSR count). The third-order valence-corrected chi connectivity index (χ3v) is 3.12. The third kappa shape index (κ3) is 3.30. The molecule has 3 heteroatoms. The van der Waals surface area contributed by atoms with Gasteiger partial charge in [-0.15, -0.1) is 0 Å². The van der Waals surface area contributed by atoms with Gasteiger partial charge in [-0.1, -0.05) is 17.2 Å². The molecule has 1 aliphatic heterocycles. The molecule has 1 aromatic rings. The van der Waals surface area contributed by atoms with Crippen molar-refractivity contribution in [1.82, 2.24) is 10.6 Å².